The first-order valence-corrected chi connectivity index (χ1v) is 8.18. The number of nitrogens with one attached hydrogen (secondary N) is 2. The van der Waals surface area contributed by atoms with Gasteiger partial charge in [-0.05, 0) is 30.5 Å². The Bertz CT molecular complexity index is 753. The largest absolute Gasteiger partial charge is 0.481 e. The maximum atomic E-state index is 12.2. The van der Waals surface area contributed by atoms with Crippen molar-refractivity contribution < 1.29 is 24.6 Å². The van der Waals surface area contributed by atoms with Gasteiger partial charge in [0.25, 0.3) is 0 Å². The highest BCUT2D eigenvalue weighted by Crippen LogP contribution is 2.61. The predicted molar refractivity (Wildman–Crippen MR) is 89.7 cm³/mol. The average molecular weight is 388 g/mol. The summed E-state index contributed by atoms with van der Waals surface area (Å²) in [4.78, 5) is 34.9. The lowest BCUT2D eigenvalue weighted by Gasteiger charge is -2.25. The van der Waals surface area contributed by atoms with Crippen molar-refractivity contribution in [1.82, 2.24) is 5.32 Å². The molecular weight excluding hydrogens is 373 g/mol. The van der Waals surface area contributed by atoms with Crippen molar-refractivity contribution in [2.45, 2.75) is 18.0 Å². The van der Waals surface area contributed by atoms with Crippen LogP contribution in [0.3, 0.4) is 0 Å². The molecule has 134 valence electrons. The molecule has 0 aromatic heterocycles. The Balaban J connectivity index is 1.71. The van der Waals surface area contributed by atoms with Crippen molar-refractivity contribution in [3.8, 4) is 0 Å². The van der Waals surface area contributed by atoms with Crippen LogP contribution in [0.25, 0.3) is 0 Å². The van der Waals surface area contributed by atoms with E-state index in [1.54, 1.807) is 0 Å². The van der Waals surface area contributed by atoms with E-state index in [9.17, 15) is 24.6 Å². The molecule has 1 aromatic rings. The Kier molecular flexibility index (Phi) is 4.30. The first-order chi connectivity index (χ1) is 11.6. The molecule has 2 aliphatic rings. The van der Waals surface area contributed by atoms with Crippen molar-refractivity contribution in [3.63, 3.8) is 0 Å². The number of benzene rings is 1. The van der Waals surface area contributed by atoms with E-state index >= 15 is 0 Å². The summed E-state index contributed by atoms with van der Waals surface area (Å²) in [7, 11) is 0. The van der Waals surface area contributed by atoms with Crippen molar-refractivity contribution >= 4 is 46.9 Å². The number of carbonyl (C=O) groups is 3. The Labute approximate surface area is 152 Å². The van der Waals surface area contributed by atoms with Gasteiger partial charge in [0.2, 0.25) is 0 Å². The third kappa shape index (κ3) is 3.12. The van der Waals surface area contributed by atoms with Crippen LogP contribution in [0, 0.1) is 17.8 Å². The minimum Gasteiger partial charge on any atom is -0.481 e. The lowest BCUT2D eigenvalue weighted by Crippen LogP contribution is -2.52. The molecule has 8 nitrogen and oxygen atoms in total. The van der Waals surface area contributed by atoms with Crippen LogP contribution in [-0.4, -0.2) is 39.8 Å². The van der Waals surface area contributed by atoms with Crippen LogP contribution in [0.1, 0.15) is 6.42 Å². The van der Waals surface area contributed by atoms with E-state index in [0.29, 0.717) is 15.7 Å². The molecule has 0 saturated heterocycles. The molecule has 0 radical (unpaired) electrons. The highest BCUT2D eigenvalue weighted by Gasteiger charge is 2.74. The maximum Gasteiger partial charge on any atom is 0.324 e. The molecule has 2 amide bonds. The SMILES string of the molecule is NC1(C(=O)O)CC(NC(=O)Nc2cc(Cl)cc(Cl)c2)C2C(C(=O)O)C21. The topological polar surface area (TPSA) is 142 Å². The van der Waals surface area contributed by atoms with Gasteiger partial charge in [0.05, 0.1) is 5.92 Å². The van der Waals surface area contributed by atoms with Crippen molar-refractivity contribution in [1.29, 1.82) is 0 Å². The van der Waals surface area contributed by atoms with Crippen molar-refractivity contribution in [2.24, 2.45) is 23.5 Å². The first-order valence-electron chi connectivity index (χ1n) is 7.42. The van der Waals surface area contributed by atoms with Gasteiger partial charge in [-0.25, -0.2) is 4.79 Å². The number of urea groups is 1. The summed E-state index contributed by atoms with van der Waals surface area (Å²) in [5, 5.41) is 24.4. The zero-order valence-electron chi connectivity index (χ0n) is 12.7. The molecular formula is C15H15Cl2N3O5. The molecule has 6 N–H and O–H groups in total. The summed E-state index contributed by atoms with van der Waals surface area (Å²) >= 11 is 11.7. The minimum atomic E-state index is -1.66. The summed E-state index contributed by atoms with van der Waals surface area (Å²) in [6.45, 7) is 0. The van der Waals surface area contributed by atoms with Gasteiger partial charge in [-0.1, -0.05) is 23.2 Å². The van der Waals surface area contributed by atoms with Gasteiger partial charge in [-0.2, -0.15) is 0 Å². The molecule has 3 rings (SSSR count). The molecule has 10 heteroatoms. The van der Waals surface area contributed by atoms with Gasteiger partial charge in [0.15, 0.2) is 0 Å². The van der Waals surface area contributed by atoms with Crippen molar-refractivity contribution in [3.05, 3.63) is 28.2 Å². The lowest BCUT2D eigenvalue weighted by atomic mass is 9.90. The minimum absolute atomic E-state index is 0.0365. The second-order valence-electron chi connectivity index (χ2n) is 6.38. The number of carboxylic acid groups (broad SMARTS) is 2. The number of nitrogens with two attached hydrogens (primary N) is 1. The summed E-state index contributed by atoms with van der Waals surface area (Å²) in [6, 6.07) is 3.22. The molecule has 1 aromatic carbocycles. The number of hydrogen-bond acceptors (Lipinski definition) is 4. The standard InChI is InChI=1S/C15H15Cl2N3O5/c16-5-1-6(17)3-7(2-5)19-14(25)20-8-4-15(18,13(23)24)11-9(8)10(11)12(21)22/h1-3,8-11H,4,18H2,(H,21,22)(H,23,24)(H2,19,20,25). The molecule has 2 saturated carbocycles. The molecule has 0 spiro atoms. The molecule has 25 heavy (non-hydrogen) atoms. The number of rotatable bonds is 4. The van der Waals surface area contributed by atoms with E-state index < -0.39 is 47.3 Å². The van der Waals surface area contributed by atoms with E-state index in [1.807, 2.05) is 0 Å². The summed E-state index contributed by atoms with van der Waals surface area (Å²) in [6.07, 6.45) is -0.0365. The quantitative estimate of drug-likeness (QED) is 0.531. The van der Waals surface area contributed by atoms with E-state index in [4.69, 9.17) is 28.9 Å². The number of carboxylic acids is 2. The van der Waals surface area contributed by atoms with Crippen LogP contribution in [-0.2, 0) is 9.59 Å². The van der Waals surface area contributed by atoms with E-state index in [0.717, 1.165) is 0 Å². The zero-order valence-corrected chi connectivity index (χ0v) is 14.2. The van der Waals surface area contributed by atoms with Crippen molar-refractivity contribution in [2.75, 3.05) is 5.32 Å². The van der Waals surface area contributed by atoms with Crippen LogP contribution in [0.5, 0.6) is 0 Å². The number of carbonyl (C=O) groups excluding carboxylic acids is 1. The molecule has 2 aliphatic carbocycles. The smallest absolute Gasteiger partial charge is 0.324 e. The Hall–Kier alpha value is -2.03. The van der Waals surface area contributed by atoms with Gasteiger partial charge >= 0.3 is 18.0 Å². The highest BCUT2D eigenvalue weighted by atomic mass is 35.5. The van der Waals surface area contributed by atoms with Crippen LogP contribution in [0.15, 0.2) is 18.2 Å². The van der Waals surface area contributed by atoms with Gasteiger partial charge < -0.3 is 26.6 Å². The average Bonchev–Trinajstić information content (AvgIpc) is 3.14. The normalized spacial score (nSPS) is 32.6. The predicted octanol–water partition coefficient (Wildman–Crippen LogP) is 1.62. The fourth-order valence-electron chi connectivity index (χ4n) is 3.79. The molecule has 5 unspecified atom stereocenters. The number of halogens is 2. The van der Waals surface area contributed by atoms with Crippen LogP contribution in [0.4, 0.5) is 10.5 Å². The Morgan fingerprint density at radius 2 is 1.76 bits per heavy atom. The third-order valence-electron chi connectivity index (χ3n) is 4.81. The van der Waals surface area contributed by atoms with Gasteiger partial charge in [0, 0.05) is 27.7 Å². The van der Waals surface area contributed by atoms with E-state index in [1.165, 1.54) is 18.2 Å². The van der Waals surface area contributed by atoms with Crippen LogP contribution in [0.2, 0.25) is 10.0 Å². The summed E-state index contributed by atoms with van der Waals surface area (Å²) in [5.41, 5.74) is 4.60. The Morgan fingerprint density at radius 3 is 2.28 bits per heavy atom. The monoisotopic (exact) mass is 387 g/mol. The van der Waals surface area contributed by atoms with Gasteiger partial charge in [-0.3, -0.25) is 9.59 Å². The first kappa shape index (κ1) is 17.8. The summed E-state index contributed by atoms with van der Waals surface area (Å²) < 4.78 is 0. The summed E-state index contributed by atoms with van der Waals surface area (Å²) in [5.74, 6) is -4.46. The number of anilines is 1. The van der Waals surface area contributed by atoms with Gasteiger partial charge in [0.1, 0.15) is 5.54 Å². The number of aliphatic carboxylic acids is 2. The molecule has 0 aliphatic heterocycles. The zero-order chi connectivity index (χ0) is 18.5. The van der Waals surface area contributed by atoms with Gasteiger partial charge in [-0.15, -0.1) is 0 Å². The molecule has 2 fully saturated rings. The third-order valence-corrected chi connectivity index (χ3v) is 5.25. The number of fused-ring (bicyclic) bond motifs is 1. The van der Waals surface area contributed by atoms with Crippen LogP contribution >= 0.6 is 23.2 Å². The Morgan fingerprint density at radius 1 is 1.16 bits per heavy atom. The molecule has 0 bridgehead atoms. The maximum absolute atomic E-state index is 12.2. The fourth-order valence-corrected chi connectivity index (χ4v) is 4.32. The van der Waals surface area contributed by atoms with E-state index in [-0.39, 0.29) is 6.42 Å². The van der Waals surface area contributed by atoms with Crippen LogP contribution < -0.4 is 16.4 Å². The number of amides is 2. The molecule has 0 heterocycles. The van der Waals surface area contributed by atoms with E-state index in [2.05, 4.69) is 10.6 Å². The molecule has 5 atom stereocenters. The highest BCUT2D eigenvalue weighted by molar-refractivity contribution is 6.35. The fraction of sp³-hybridized carbons (Fsp3) is 0.400. The second kappa shape index (κ2) is 6.05. The second-order valence-corrected chi connectivity index (χ2v) is 7.25. The number of hydrogen-bond donors (Lipinski definition) is 5. The lowest BCUT2D eigenvalue weighted by molar-refractivity contribution is -0.145.